The van der Waals surface area contributed by atoms with Gasteiger partial charge in [-0.25, -0.2) is 9.97 Å². The van der Waals surface area contributed by atoms with Crippen molar-refractivity contribution in [3.05, 3.63) is 41.6 Å². The summed E-state index contributed by atoms with van der Waals surface area (Å²) >= 11 is 1.70. The molecular weight excluding hydrogens is 258 g/mol. The Morgan fingerprint density at radius 3 is 2.95 bits per heavy atom. The first-order valence-corrected chi connectivity index (χ1v) is 7.01. The zero-order chi connectivity index (χ0) is 13.2. The lowest BCUT2D eigenvalue weighted by Crippen LogP contribution is -2.02. The molecule has 0 saturated carbocycles. The second-order valence-corrected chi connectivity index (χ2v) is 5.69. The van der Waals surface area contributed by atoms with Crippen molar-refractivity contribution in [3.63, 3.8) is 0 Å². The van der Waals surface area contributed by atoms with Crippen LogP contribution in [0.5, 0.6) is 0 Å². The molecule has 0 atom stereocenters. The Balaban J connectivity index is 1.75. The molecule has 3 heterocycles. The third-order valence-electron chi connectivity index (χ3n) is 2.91. The van der Waals surface area contributed by atoms with Gasteiger partial charge in [0, 0.05) is 23.5 Å². The molecule has 0 unspecified atom stereocenters. The van der Waals surface area contributed by atoms with Gasteiger partial charge in [-0.15, -0.1) is 11.3 Å². The summed E-state index contributed by atoms with van der Waals surface area (Å²) in [5.41, 5.74) is 1.96. The summed E-state index contributed by atoms with van der Waals surface area (Å²) in [6, 6.07) is 0. The van der Waals surface area contributed by atoms with Crippen molar-refractivity contribution in [2.24, 2.45) is 0 Å². The van der Waals surface area contributed by atoms with Crippen LogP contribution in [0.4, 0.5) is 5.13 Å². The minimum absolute atomic E-state index is 0.523. The SMILES string of the molecule is CC(C)c1cnc(NCc2cnc3cnccn23)s1. The van der Waals surface area contributed by atoms with E-state index in [1.807, 2.05) is 23.0 Å². The summed E-state index contributed by atoms with van der Waals surface area (Å²) in [6.07, 6.45) is 9.24. The number of imidazole rings is 1. The fraction of sp³-hybridized carbons (Fsp3) is 0.308. The van der Waals surface area contributed by atoms with E-state index < -0.39 is 0 Å². The number of thiazole rings is 1. The molecule has 0 aliphatic carbocycles. The molecule has 0 aliphatic heterocycles. The topological polar surface area (TPSA) is 55.1 Å². The van der Waals surface area contributed by atoms with Gasteiger partial charge in [0.15, 0.2) is 10.8 Å². The van der Waals surface area contributed by atoms with E-state index in [0.717, 1.165) is 16.5 Å². The van der Waals surface area contributed by atoms with Crippen molar-refractivity contribution < 1.29 is 0 Å². The van der Waals surface area contributed by atoms with Crippen LogP contribution in [0.3, 0.4) is 0 Å². The Kier molecular flexibility index (Phi) is 3.16. The number of rotatable bonds is 4. The molecule has 0 aliphatic rings. The van der Waals surface area contributed by atoms with Gasteiger partial charge in [-0.05, 0) is 5.92 Å². The zero-order valence-electron chi connectivity index (χ0n) is 10.9. The summed E-state index contributed by atoms with van der Waals surface area (Å²) in [4.78, 5) is 14.0. The molecule has 0 saturated heterocycles. The highest BCUT2D eigenvalue weighted by Gasteiger charge is 2.07. The molecule has 0 spiro atoms. The maximum absolute atomic E-state index is 4.38. The predicted octanol–water partition coefficient (Wildman–Crippen LogP) is 2.92. The van der Waals surface area contributed by atoms with Gasteiger partial charge in [-0.3, -0.25) is 9.38 Å². The zero-order valence-corrected chi connectivity index (χ0v) is 11.7. The molecule has 0 amide bonds. The van der Waals surface area contributed by atoms with Crippen molar-refractivity contribution >= 4 is 22.1 Å². The number of hydrogen-bond donors (Lipinski definition) is 1. The summed E-state index contributed by atoms with van der Waals surface area (Å²) < 4.78 is 2.02. The van der Waals surface area contributed by atoms with E-state index in [1.54, 1.807) is 23.7 Å². The van der Waals surface area contributed by atoms with E-state index in [4.69, 9.17) is 0 Å². The van der Waals surface area contributed by atoms with Crippen LogP contribution in [0.1, 0.15) is 30.3 Å². The third kappa shape index (κ3) is 2.44. The summed E-state index contributed by atoms with van der Waals surface area (Å²) in [7, 11) is 0. The normalized spacial score (nSPS) is 11.3. The van der Waals surface area contributed by atoms with Crippen LogP contribution in [-0.4, -0.2) is 19.4 Å². The average Bonchev–Trinajstić information content (AvgIpc) is 3.03. The second-order valence-electron chi connectivity index (χ2n) is 4.63. The van der Waals surface area contributed by atoms with Gasteiger partial charge in [-0.2, -0.15) is 0 Å². The first-order valence-electron chi connectivity index (χ1n) is 6.19. The van der Waals surface area contributed by atoms with E-state index in [9.17, 15) is 0 Å². The van der Waals surface area contributed by atoms with Crippen LogP contribution in [0.2, 0.25) is 0 Å². The van der Waals surface area contributed by atoms with Crippen molar-refractivity contribution in [1.29, 1.82) is 0 Å². The van der Waals surface area contributed by atoms with Gasteiger partial charge in [0.2, 0.25) is 0 Å². The molecule has 3 rings (SSSR count). The number of anilines is 1. The number of nitrogens with zero attached hydrogens (tertiary/aromatic N) is 4. The smallest absolute Gasteiger partial charge is 0.183 e. The van der Waals surface area contributed by atoms with Crippen LogP contribution in [0.25, 0.3) is 5.65 Å². The minimum atomic E-state index is 0.523. The number of nitrogens with one attached hydrogen (secondary N) is 1. The maximum Gasteiger partial charge on any atom is 0.183 e. The van der Waals surface area contributed by atoms with E-state index >= 15 is 0 Å². The largest absolute Gasteiger partial charge is 0.356 e. The van der Waals surface area contributed by atoms with Crippen molar-refractivity contribution in [1.82, 2.24) is 19.4 Å². The molecule has 0 aromatic carbocycles. The highest BCUT2D eigenvalue weighted by molar-refractivity contribution is 7.15. The highest BCUT2D eigenvalue weighted by Crippen LogP contribution is 2.25. The maximum atomic E-state index is 4.38. The molecule has 0 bridgehead atoms. The monoisotopic (exact) mass is 273 g/mol. The van der Waals surface area contributed by atoms with Crippen molar-refractivity contribution in [2.45, 2.75) is 26.3 Å². The Labute approximate surface area is 115 Å². The van der Waals surface area contributed by atoms with Gasteiger partial charge in [-0.1, -0.05) is 13.8 Å². The van der Waals surface area contributed by atoms with E-state index in [1.165, 1.54) is 4.88 Å². The lowest BCUT2D eigenvalue weighted by Gasteiger charge is -2.02. The molecule has 19 heavy (non-hydrogen) atoms. The molecule has 0 radical (unpaired) electrons. The molecule has 3 aromatic rings. The number of hydrogen-bond acceptors (Lipinski definition) is 5. The molecule has 1 N–H and O–H groups in total. The molecule has 0 fully saturated rings. The van der Waals surface area contributed by atoms with Gasteiger partial charge in [0.25, 0.3) is 0 Å². The van der Waals surface area contributed by atoms with Crippen LogP contribution < -0.4 is 5.32 Å². The lowest BCUT2D eigenvalue weighted by atomic mass is 10.2. The van der Waals surface area contributed by atoms with Gasteiger partial charge in [0.1, 0.15) is 0 Å². The quantitative estimate of drug-likeness (QED) is 0.794. The van der Waals surface area contributed by atoms with Crippen LogP contribution >= 0.6 is 11.3 Å². The summed E-state index contributed by atoms with van der Waals surface area (Å²) in [6.45, 7) is 5.06. The first-order chi connectivity index (χ1) is 9.24. The molecular formula is C13H15N5S. The summed E-state index contributed by atoms with van der Waals surface area (Å²) in [5.74, 6) is 0.523. The van der Waals surface area contributed by atoms with E-state index in [2.05, 4.69) is 34.1 Å². The first kappa shape index (κ1) is 12.1. The van der Waals surface area contributed by atoms with Gasteiger partial charge < -0.3 is 5.32 Å². The highest BCUT2D eigenvalue weighted by atomic mass is 32.1. The van der Waals surface area contributed by atoms with Crippen molar-refractivity contribution in [3.8, 4) is 0 Å². The lowest BCUT2D eigenvalue weighted by molar-refractivity contribution is 0.885. The summed E-state index contributed by atoms with van der Waals surface area (Å²) in [5, 5.41) is 4.29. The molecule has 5 nitrogen and oxygen atoms in total. The Hall–Kier alpha value is -1.95. The van der Waals surface area contributed by atoms with E-state index in [0.29, 0.717) is 12.5 Å². The van der Waals surface area contributed by atoms with Gasteiger partial charge in [0.05, 0.1) is 24.6 Å². The Bertz CT molecular complexity index is 685. The average molecular weight is 273 g/mol. The fourth-order valence-corrected chi connectivity index (χ4v) is 2.64. The van der Waals surface area contributed by atoms with E-state index in [-0.39, 0.29) is 0 Å². The molecule has 98 valence electrons. The van der Waals surface area contributed by atoms with Crippen molar-refractivity contribution in [2.75, 3.05) is 5.32 Å². The number of aromatic nitrogens is 4. The molecule has 3 aromatic heterocycles. The standard InChI is InChI=1S/C13H15N5S/c1-9(2)11-7-17-13(19-11)16-6-10-5-15-12-8-14-3-4-18(10)12/h3-5,7-9H,6H2,1-2H3,(H,16,17). The second kappa shape index (κ2) is 4.97. The van der Waals surface area contributed by atoms with Gasteiger partial charge >= 0.3 is 0 Å². The third-order valence-corrected chi connectivity index (χ3v) is 4.16. The molecule has 6 heteroatoms. The fourth-order valence-electron chi connectivity index (χ4n) is 1.83. The number of fused-ring (bicyclic) bond motifs is 1. The minimum Gasteiger partial charge on any atom is -0.356 e. The Morgan fingerprint density at radius 2 is 2.16 bits per heavy atom. The Morgan fingerprint density at radius 1 is 1.26 bits per heavy atom. The van der Waals surface area contributed by atoms with Crippen LogP contribution in [-0.2, 0) is 6.54 Å². The predicted molar refractivity (Wildman–Crippen MR) is 76.5 cm³/mol. The van der Waals surface area contributed by atoms with Crippen LogP contribution in [0, 0.1) is 0 Å². The van der Waals surface area contributed by atoms with Crippen LogP contribution in [0.15, 0.2) is 31.0 Å².